The minimum absolute atomic E-state index is 0.206. The molecule has 1 heterocycles. The highest BCUT2D eigenvalue weighted by Crippen LogP contribution is 2.21. The maximum Gasteiger partial charge on any atom is 0.123 e. The van der Waals surface area contributed by atoms with E-state index >= 15 is 0 Å². The van der Waals surface area contributed by atoms with Crippen LogP contribution in [0, 0.1) is 12.7 Å². The molecule has 3 nitrogen and oxygen atoms in total. The van der Waals surface area contributed by atoms with Gasteiger partial charge in [0.25, 0.3) is 0 Å². The van der Waals surface area contributed by atoms with Gasteiger partial charge in [0.2, 0.25) is 0 Å². The Bertz CT molecular complexity index is 563. The summed E-state index contributed by atoms with van der Waals surface area (Å²) in [4.78, 5) is 2.20. The van der Waals surface area contributed by atoms with Crippen LogP contribution >= 0.6 is 0 Å². The fourth-order valence-corrected chi connectivity index (χ4v) is 2.32. The van der Waals surface area contributed by atoms with E-state index in [1.807, 2.05) is 19.1 Å². The number of furan rings is 1. The fraction of sp³-hybridized carbons (Fsp3) is 0.412. The Morgan fingerprint density at radius 3 is 2.52 bits per heavy atom. The Kier molecular flexibility index (Phi) is 5.39. The van der Waals surface area contributed by atoms with Crippen LogP contribution in [0.5, 0.6) is 0 Å². The largest absolute Gasteiger partial charge is 0.465 e. The zero-order chi connectivity index (χ0) is 15.2. The standard InChI is InChI=1S/C17H23FN2O/c1-4-19-11-17-10-14(13(3)21-17)12-20(5-2)16-8-6-15(18)7-9-16/h6-10,19H,4-5,11-12H2,1-3H3. The van der Waals surface area contributed by atoms with E-state index < -0.39 is 0 Å². The van der Waals surface area contributed by atoms with Crippen molar-refractivity contribution in [2.75, 3.05) is 18.0 Å². The molecule has 0 bridgehead atoms. The first-order valence-electron chi connectivity index (χ1n) is 7.43. The van der Waals surface area contributed by atoms with Crippen molar-refractivity contribution in [1.29, 1.82) is 0 Å². The third kappa shape index (κ3) is 4.08. The molecule has 0 aliphatic rings. The highest BCUT2D eigenvalue weighted by molar-refractivity contribution is 5.47. The predicted octanol–water partition coefficient (Wildman–Crippen LogP) is 3.86. The lowest BCUT2D eigenvalue weighted by molar-refractivity contribution is 0.463. The third-order valence-corrected chi connectivity index (χ3v) is 3.56. The predicted molar refractivity (Wildman–Crippen MR) is 83.9 cm³/mol. The third-order valence-electron chi connectivity index (χ3n) is 3.56. The summed E-state index contributed by atoms with van der Waals surface area (Å²) in [5.74, 6) is 1.70. The van der Waals surface area contributed by atoms with Gasteiger partial charge < -0.3 is 14.6 Å². The van der Waals surface area contributed by atoms with Gasteiger partial charge in [-0.1, -0.05) is 6.92 Å². The number of nitrogens with zero attached hydrogens (tertiary/aromatic N) is 1. The summed E-state index contributed by atoms with van der Waals surface area (Å²) in [5, 5.41) is 3.26. The lowest BCUT2D eigenvalue weighted by Crippen LogP contribution is -2.22. The summed E-state index contributed by atoms with van der Waals surface area (Å²) >= 11 is 0. The number of benzene rings is 1. The van der Waals surface area contributed by atoms with Crippen LogP contribution in [-0.2, 0) is 13.1 Å². The van der Waals surface area contributed by atoms with Crippen molar-refractivity contribution in [2.45, 2.75) is 33.9 Å². The number of hydrogen-bond donors (Lipinski definition) is 1. The molecule has 0 radical (unpaired) electrons. The lowest BCUT2D eigenvalue weighted by Gasteiger charge is -2.22. The van der Waals surface area contributed by atoms with E-state index in [4.69, 9.17) is 4.42 Å². The van der Waals surface area contributed by atoms with E-state index in [2.05, 4.69) is 30.1 Å². The second-order valence-corrected chi connectivity index (χ2v) is 5.07. The number of anilines is 1. The lowest BCUT2D eigenvalue weighted by atomic mass is 10.2. The van der Waals surface area contributed by atoms with Gasteiger partial charge in [-0.15, -0.1) is 0 Å². The highest BCUT2D eigenvalue weighted by atomic mass is 19.1. The maximum atomic E-state index is 13.0. The van der Waals surface area contributed by atoms with Crippen LogP contribution in [0.15, 0.2) is 34.7 Å². The molecule has 0 amide bonds. The van der Waals surface area contributed by atoms with Crippen LogP contribution in [0.2, 0.25) is 0 Å². The topological polar surface area (TPSA) is 28.4 Å². The second-order valence-electron chi connectivity index (χ2n) is 5.07. The fourth-order valence-electron chi connectivity index (χ4n) is 2.32. The summed E-state index contributed by atoms with van der Waals surface area (Å²) in [6.45, 7) is 9.46. The van der Waals surface area contributed by atoms with Gasteiger partial charge in [0, 0.05) is 24.3 Å². The number of aryl methyl sites for hydroxylation is 1. The van der Waals surface area contributed by atoms with Crippen LogP contribution in [0.4, 0.5) is 10.1 Å². The molecule has 0 unspecified atom stereocenters. The Morgan fingerprint density at radius 1 is 1.19 bits per heavy atom. The zero-order valence-electron chi connectivity index (χ0n) is 12.9. The van der Waals surface area contributed by atoms with Gasteiger partial charge in [0.15, 0.2) is 0 Å². The van der Waals surface area contributed by atoms with Gasteiger partial charge in [-0.2, -0.15) is 0 Å². The Hall–Kier alpha value is -1.81. The van der Waals surface area contributed by atoms with Crippen molar-refractivity contribution in [1.82, 2.24) is 5.32 Å². The first kappa shape index (κ1) is 15.6. The Labute approximate surface area is 125 Å². The molecule has 0 saturated heterocycles. The van der Waals surface area contributed by atoms with Crippen molar-refractivity contribution in [2.24, 2.45) is 0 Å². The summed E-state index contributed by atoms with van der Waals surface area (Å²) in [5.41, 5.74) is 2.20. The molecule has 0 spiro atoms. The number of rotatable bonds is 7. The van der Waals surface area contributed by atoms with Crippen LogP contribution in [0.1, 0.15) is 30.9 Å². The molecule has 0 aliphatic heterocycles. The number of halogens is 1. The van der Waals surface area contributed by atoms with Crippen LogP contribution in [-0.4, -0.2) is 13.1 Å². The average Bonchev–Trinajstić information content (AvgIpc) is 2.84. The van der Waals surface area contributed by atoms with E-state index in [0.717, 1.165) is 43.4 Å². The van der Waals surface area contributed by atoms with Crippen molar-refractivity contribution in [3.05, 3.63) is 53.2 Å². The van der Waals surface area contributed by atoms with E-state index in [1.165, 1.54) is 17.7 Å². The molecule has 4 heteroatoms. The van der Waals surface area contributed by atoms with Crippen LogP contribution in [0.25, 0.3) is 0 Å². The number of hydrogen-bond acceptors (Lipinski definition) is 3. The molecule has 1 aromatic carbocycles. The van der Waals surface area contributed by atoms with E-state index in [-0.39, 0.29) is 5.82 Å². The molecule has 0 saturated carbocycles. The highest BCUT2D eigenvalue weighted by Gasteiger charge is 2.12. The normalized spacial score (nSPS) is 10.9. The second kappa shape index (κ2) is 7.27. The molecule has 114 valence electrons. The minimum Gasteiger partial charge on any atom is -0.465 e. The summed E-state index contributed by atoms with van der Waals surface area (Å²) in [7, 11) is 0. The van der Waals surface area contributed by atoms with Gasteiger partial charge in [0.1, 0.15) is 17.3 Å². The van der Waals surface area contributed by atoms with Crippen molar-refractivity contribution < 1.29 is 8.81 Å². The molecular formula is C17H23FN2O. The Balaban J connectivity index is 2.11. The van der Waals surface area contributed by atoms with Crippen molar-refractivity contribution in [3.8, 4) is 0 Å². The van der Waals surface area contributed by atoms with Crippen molar-refractivity contribution >= 4 is 5.69 Å². The van der Waals surface area contributed by atoms with Gasteiger partial charge in [-0.05, 0) is 50.7 Å². The molecule has 0 atom stereocenters. The molecule has 0 fully saturated rings. The van der Waals surface area contributed by atoms with E-state index in [0.29, 0.717) is 0 Å². The average molecular weight is 290 g/mol. The van der Waals surface area contributed by atoms with Crippen molar-refractivity contribution in [3.63, 3.8) is 0 Å². The molecule has 2 rings (SSSR count). The van der Waals surface area contributed by atoms with Crippen LogP contribution in [0.3, 0.4) is 0 Å². The first-order chi connectivity index (χ1) is 10.1. The van der Waals surface area contributed by atoms with Gasteiger partial charge in [-0.25, -0.2) is 4.39 Å². The smallest absolute Gasteiger partial charge is 0.123 e. The molecule has 0 aliphatic carbocycles. The molecule has 1 N–H and O–H groups in total. The monoisotopic (exact) mass is 290 g/mol. The quantitative estimate of drug-likeness (QED) is 0.839. The summed E-state index contributed by atoms with van der Waals surface area (Å²) in [6, 6.07) is 8.72. The molecule has 21 heavy (non-hydrogen) atoms. The Morgan fingerprint density at radius 2 is 1.90 bits per heavy atom. The SMILES string of the molecule is CCNCc1cc(CN(CC)c2ccc(F)cc2)c(C)o1. The summed E-state index contributed by atoms with van der Waals surface area (Å²) in [6.07, 6.45) is 0. The molecule has 1 aromatic heterocycles. The maximum absolute atomic E-state index is 13.0. The van der Waals surface area contributed by atoms with Gasteiger partial charge >= 0.3 is 0 Å². The van der Waals surface area contributed by atoms with Gasteiger partial charge in [-0.3, -0.25) is 0 Å². The van der Waals surface area contributed by atoms with Crippen LogP contribution < -0.4 is 10.2 Å². The molecular weight excluding hydrogens is 267 g/mol. The van der Waals surface area contributed by atoms with E-state index in [9.17, 15) is 4.39 Å². The van der Waals surface area contributed by atoms with E-state index in [1.54, 1.807) is 0 Å². The zero-order valence-corrected chi connectivity index (χ0v) is 12.9. The first-order valence-corrected chi connectivity index (χ1v) is 7.43. The minimum atomic E-state index is -0.206. The summed E-state index contributed by atoms with van der Waals surface area (Å²) < 4.78 is 18.8. The number of nitrogens with one attached hydrogen (secondary N) is 1. The van der Waals surface area contributed by atoms with Gasteiger partial charge in [0.05, 0.1) is 6.54 Å². The molecule has 2 aromatic rings.